The van der Waals surface area contributed by atoms with Gasteiger partial charge >= 0.3 is 18.0 Å². The van der Waals surface area contributed by atoms with Gasteiger partial charge in [-0.25, -0.2) is 4.79 Å². The van der Waals surface area contributed by atoms with Crippen LogP contribution in [0.15, 0.2) is 4.52 Å². The average molecular weight is 209 g/mol. The summed E-state index contributed by atoms with van der Waals surface area (Å²) in [7, 11) is 1.17. The Balaban J connectivity index is 3.25. The van der Waals surface area contributed by atoms with E-state index in [2.05, 4.69) is 19.2 Å². The van der Waals surface area contributed by atoms with Gasteiger partial charge in [0.25, 0.3) is 0 Å². The van der Waals surface area contributed by atoms with Crippen LogP contribution in [0.25, 0.3) is 5.53 Å². The van der Waals surface area contributed by atoms with Crippen molar-refractivity contribution < 1.29 is 23.6 Å². The minimum Gasteiger partial charge on any atom is -0.465 e. The molecule has 0 bridgehead atoms. The Bertz CT molecular complexity index is 456. The lowest BCUT2D eigenvalue weighted by atomic mass is 10.1. The van der Waals surface area contributed by atoms with Gasteiger partial charge in [0.1, 0.15) is 5.56 Å². The Morgan fingerprint density at radius 2 is 2.27 bits per heavy atom. The van der Waals surface area contributed by atoms with Crippen molar-refractivity contribution in [2.24, 2.45) is 0 Å². The van der Waals surface area contributed by atoms with Crippen LogP contribution < -0.4 is 0 Å². The number of Topliss-reactive ketones (excluding diaryl/α,β-unsaturated/α-hetero) is 1. The molecule has 0 saturated heterocycles. The number of methoxy groups -OCH3 is 1. The number of ketones is 1. The molecule has 1 rings (SSSR count). The van der Waals surface area contributed by atoms with Crippen molar-refractivity contribution in [2.75, 3.05) is 7.11 Å². The summed E-state index contributed by atoms with van der Waals surface area (Å²) in [6, 6.07) is 0. The minimum absolute atomic E-state index is 0.0672. The highest BCUT2D eigenvalue weighted by molar-refractivity contribution is 6.34. The molecular formula is C8H7N3O4. The van der Waals surface area contributed by atoms with Crippen LogP contribution in [0, 0.1) is 6.92 Å². The highest BCUT2D eigenvalue weighted by atomic mass is 16.5. The molecule has 1 heterocycles. The van der Waals surface area contributed by atoms with Crippen LogP contribution in [-0.4, -0.2) is 35.0 Å². The van der Waals surface area contributed by atoms with Crippen molar-refractivity contribution in [3.05, 3.63) is 22.5 Å². The largest absolute Gasteiger partial charge is 0.465 e. The summed E-state index contributed by atoms with van der Waals surface area (Å²) in [5, 5.41) is 3.45. The van der Waals surface area contributed by atoms with Gasteiger partial charge in [0.05, 0.1) is 12.8 Å². The molecule has 0 atom stereocenters. The van der Waals surface area contributed by atoms with Crippen molar-refractivity contribution in [3.8, 4) is 0 Å². The molecule has 7 heteroatoms. The molecule has 1 aromatic heterocycles. The summed E-state index contributed by atoms with van der Waals surface area (Å²) in [6.07, 6.45) is 0.604. The van der Waals surface area contributed by atoms with Crippen LogP contribution in [-0.2, 0) is 4.74 Å². The number of aromatic nitrogens is 1. The normalized spacial score (nSPS) is 9.20. The van der Waals surface area contributed by atoms with E-state index in [9.17, 15) is 9.59 Å². The van der Waals surface area contributed by atoms with Gasteiger partial charge in [0.2, 0.25) is 5.76 Å². The van der Waals surface area contributed by atoms with Gasteiger partial charge in [0.15, 0.2) is 0 Å². The number of hydrogen-bond acceptors (Lipinski definition) is 5. The molecule has 0 spiro atoms. The van der Waals surface area contributed by atoms with Crippen LogP contribution in [0.5, 0.6) is 0 Å². The Morgan fingerprint density at radius 1 is 1.60 bits per heavy atom. The maximum atomic E-state index is 11.2. The van der Waals surface area contributed by atoms with Crippen molar-refractivity contribution >= 4 is 18.0 Å². The molecule has 0 N–H and O–H groups in total. The Kier molecular flexibility index (Phi) is 3.10. The zero-order valence-electron chi connectivity index (χ0n) is 8.05. The monoisotopic (exact) mass is 209 g/mol. The minimum atomic E-state index is -0.765. The summed E-state index contributed by atoms with van der Waals surface area (Å²) >= 11 is 0. The van der Waals surface area contributed by atoms with Gasteiger partial charge in [-0.3, -0.25) is 4.79 Å². The van der Waals surface area contributed by atoms with E-state index in [4.69, 9.17) is 5.53 Å². The molecule has 0 unspecified atom stereocenters. The highest BCUT2D eigenvalue weighted by Gasteiger charge is 2.27. The first-order valence-corrected chi connectivity index (χ1v) is 3.88. The predicted molar refractivity (Wildman–Crippen MR) is 46.6 cm³/mol. The average Bonchev–Trinajstić information content (AvgIpc) is 2.59. The van der Waals surface area contributed by atoms with E-state index in [1.807, 2.05) is 0 Å². The molecule has 0 aliphatic carbocycles. The molecule has 78 valence electrons. The smallest absolute Gasteiger partial charge is 0.343 e. The number of hydrogen-bond donors (Lipinski definition) is 0. The molecule has 0 aromatic carbocycles. The van der Waals surface area contributed by atoms with Crippen LogP contribution in [0.4, 0.5) is 0 Å². The van der Waals surface area contributed by atoms with Gasteiger partial charge in [-0.05, 0) is 6.92 Å². The summed E-state index contributed by atoms with van der Waals surface area (Å²) < 4.78 is 9.08. The summed E-state index contributed by atoms with van der Waals surface area (Å²) in [5.41, 5.74) is 8.33. The van der Waals surface area contributed by atoms with Crippen LogP contribution in [0.1, 0.15) is 26.6 Å². The molecular weight excluding hydrogens is 202 g/mol. The lowest BCUT2D eigenvalue weighted by Crippen LogP contribution is -2.10. The van der Waals surface area contributed by atoms with Gasteiger partial charge in [0, 0.05) is 0 Å². The van der Waals surface area contributed by atoms with Gasteiger partial charge in [-0.2, -0.15) is 4.79 Å². The number of carbonyl (C=O) groups is 2. The molecule has 0 aliphatic heterocycles. The Morgan fingerprint density at radius 3 is 2.80 bits per heavy atom. The van der Waals surface area contributed by atoms with Crippen LogP contribution in [0.3, 0.4) is 0 Å². The third-order valence-electron chi connectivity index (χ3n) is 1.65. The van der Waals surface area contributed by atoms with Crippen molar-refractivity contribution in [2.45, 2.75) is 6.92 Å². The topological polar surface area (TPSA) is 106 Å². The van der Waals surface area contributed by atoms with Crippen molar-refractivity contribution in [1.82, 2.24) is 5.16 Å². The second-order valence-corrected chi connectivity index (χ2v) is 2.57. The van der Waals surface area contributed by atoms with Crippen LogP contribution >= 0.6 is 0 Å². The standard InChI is InChI=1S/C8H7N3O4/c1-4-6(8(13)14-2)7(15-11-4)5(12)3-10-9/h3H,1-2H3. The SMILES string of the molecule is COC(=O)c1c(C)noc1C(=O)C=[N+]=[N-]. The quantitative estimate of drug-likeness (QED) is 0.233. The predicted octanol–water partition coefficient (Wildman–Crippen LogP) is 0.253. The summed E-state index contributed by atoms with van der Waals surface area (Å²) in [6.45, 7) is 1.49. The number of aryl methyl sites for hydroxylation is 1. The molecule has 0 amide bonds. The number of ether oxygens (including phenoxy) is 1. The van der Waals surface area contributed by atoms with E-state index < -0.39 is 11.8 Å². The summed E-state index contributed by atoms with van der Waals surface area (Å²) in [4.78, 5) is 25.0. The molecule has 0 saturated carbocycles. The highest BCUT2D eigenvalue weighted by Crippen LogP contribution is 2.14. The van der Waals surface area contributed by atoms with Gasteiger partial charge in [-0.1, -0.05) is 5.16 Å². The molecule has 0 aliphatic rings. The Labute approximate surface area is 84.2 Å². The molecule has 0 fully saturated rings. The molecule has 7 nitrogen and oxygen atoms in total. The number of esters is 1. The van der Waals surface area contributed by atoms with E-state index in [0.717, 1.165) is 0 Å². The summed E-state index contributed by atoms with van der Waals surface area (Å²) in [5.74, 6) is -1.81. The molecule has 0 radical (unpaired) electrons. The number of carbonyl (C=O) groups excluding carboxylic acids is 2. The second kappa shape index (κ2) is 4.30. The third-order valence-corrected chi connectivity index (χ3v) is 1.65. The first-order chi connectivity index (χ1) is 7.11. The first kappa shape index (κ1) is 10.8. The molecule has 1 aromatic rings. The van der Waals surface area contributed by atoms with Crippen molar-refractivity contribution in [3.63, 3.8) is 0 Å². The van der Waals surface area contributed by atoms with Gasteiger partial charge in [-0.15, -0.1) is 0 Å². The Hall–Kier alpha value is -2.27. The maximum absolute atomic E-state index is 11.2. The lowest BCUT2D eigenvalue weighted by Gasteiger charge is -1.95. The number of rotatable bonds is 3. The third kappa shape index (κ3) is 1.97. The van der Waals surface area contributed by atoms with E-state index in [0.29, 0.717) is 6.21 Å². The zero-order valence-corrected chi connectivity index (χ0v) is 8.05. The molecule has 15 heavy (non-hydrogen) atoms. The van der Waals surface area contributed by atoms with E-state index in [-0.39, 0.29) is 17.0 Å². The van der Waals surface area contributed by atoms with E-state index in [1.54, 1.807) is 0 Å². The van der Waals surface area contributed by atoms with E-state index in [1.165, 1.54) is 14.0 Å². The fourth-order valence-corrected chi connectivity index (χ4v) is 0.991. The fourth-order valence-electron chi connectivity index (χ4n) is 0.991. The van der Waals surface area contributed by atoms with E-state index >= 15 is 0 Å². The number of nitrogens with zero attached hydrogens (tertiary/aromatic N) is 3. The lowest BCUT2D eigenvalue weighted by molar-refractivity contribution is 0.00201. The van der Waals surface area contributed by atoms with Crippen molar-refractivity contribution in [1.29, 1.82) is 0 Å². The van der Waals surface area contributed by atoms with Crippen LogP contribution in [0.2, 0.25) is 0 Å². The second-order valence-electron chi connectivity index (χ2n) is 2.57. The zero-order chi connectivity index (χ0) is 11.4. The fraction of sp³-hybridized carbons (Fsp3) is 0.250. The van der Waals surface area contributed by atoms with Gasteiger partial charge < -0.3 is 14.8 Å². The maximum Gasteiger partial charge on any atom is 0.343 e. The first-order valence-electron chi connectivity index (χ1n) is 3.88.